The Bertz CT molecular complexity index is 885. The second-order valence-electron chi connectivity index (χ2n) is 6.17. The van der Waals surface area contributed by atoms with E-state index in [2.05, 4.69) is 15.6 Å². The van der Waals surface area contributed by atoms with Gasteiger partial charge in [0, 0.05) is 30.7 Å². The summed E-state index contributed by atoms with van der Waals surface area (Å²) < 4.78 is 1.56. The molecule has 1 fully saturated rings. The van der Waals surface area contributed by atoms with Gasteiger partial charge in [-0.05, 0) is 36.4 Å². The molecule has 1 aliphatic carbocycles. The van der Waals surface area contributed by atoms with Crippen molar-refractivity contribution in [1.29, 1.82) is 0 Å². The number of rotatable bonds is 5. The summed E-state index contributed by atoms with van der Waals surface area (Å²) in [7, 11) is 3.79. The SMILES string of the molecule is CN(C(=O)C1(Sc2nnc(-c3ccsc3)n2C)CC1)c1ccccc1. The lowest BCUT2D eigenvalue weighted by Gasteiger charge is -2.23. The maximum absolute atomic E-state index is 13.0. The molecule has 0 unspecified atom stereocenters. The molecule has 0 bridgehead atoms. The smallest absolute Gasteiger partial charge is 0.243 e. The summed E-state index contributed by atoms with van der Waals surface area (Å²) in [6.07, 6.45) is 1.74. The highest BCUT2D eigenvalue weighted by atomic mass is 32.2. The Balaban J connectivity index is 1.56. The Labute approximate surface area is 154 Å². The molecule has 0 radical (unpaired) electrons. The van der Waals surface area contributed by atoms with Crippen molar-refractivity contribution < 1.29 is 4.79 Å². The first-order chi connectivity index (χ1) is 12.1. The van der Waals surface area contributed by atoms with Crippen molar-refractivity contribution >= 4 is 34.7 Å². The molecule has 2 heterocycles. The summed E-state index contributed by atoms with van der Waals surface area (Å²) in [5.41, 5.74) is 1.97. The van der Waals surface area contributed by atoms with Crippen molar-refractivity contribution in [3.05, 3.63) is 47.2 Å². The van der Waals surface area contributed by atoms with E-state index >= 15 is 0 Å². The van der Waals surface area contributed by atoms with Crippen LogP contribution in [0.1, 0.15) is 12.8 Å². The number of para-hydroxylation sites is 1. The molecule has 5 nitrogen and oxygen atoms in total. The van der Waals surface area contributed by atoms with Crippen LogP contribution in [0.5, 0.6) is 0 Å². The highest BCUT2D eigenvalue weighted by molar-refractivity contribution is 8.01. The monoisotopic (exact) mass is 370 g/mol. The fourth-order valence-corrected chi connectivity index (χ4v) is 4.59. The van der Waals surface area contributed by atoms with E-state index in [4.69, 9.17) is 0 Å². The molecule has 1 saturated carbocycles. The Morgan fingerprint density at radius 1 is 1.24 bits per heavy atom. The van der Waals surface area contributed by atoms with Gasteiger partial charge in [0.2, 0.25) is 5.91 Å². The highest BCUT2D eigenvalue weighted by Gasteiger charge is 2.53. The topological polar surface area (TPSA) is 51.0 Å². The Kier molecular flexibility index (Phi) is 4.13. The van der Waals surface area contributed by atoms with E-state index < -0.39 is 4.75 Å². The standard InChI is InChI=1S/C18H18N4OS2/c1-21(14-6-4-3-5-7-14)16(23)18(9-10-18)25-17-20-19-15(22(17)2)13-8-11-24-12-13/h3-8,11-12H,9-10H2,1-2H3. The molecule has 128 valence electrons. The number of benzene rings is 1. The summed E-state index contributed by atoms with van der Waals surface area (Å²) in [5, 5.41) is 13.5. The average Bonchev–Trinajstić information content (AvgIpc) is 3.05. The van der Waals surface area contributed by atoms with Crippen LogP contribution in [-0.4, -0.2) is 32.5 Å². The van der Waals surface area contributed by atoms with Crippen molar-refractivity contribution in [1.82, 2.24) is 14.8 Å². The second-order valence-corrected chi connectivity index (χ2v) is 8.30. The number of hydrogen-bond acceptors (Lipinski definition) is 5. The van der Waals surface area contributed by atoms with Crippen LogP contribution in [0.2, 0.25) is 0 Å². The highest BCUT2D eigenvalue weighted by Crippen LogP contribution is 2.52. The lowest BCUT2D eigenvalue weighted by Crippen LogP contribution is -2.36. The predicted molar refractivity (Wildman–Crippen MR) is 102 cm³/mol. The number of carbonyl (C=O) groups excluding carboxylic acids is 1. The Hall–Kier alpha value is -2.12. The molecule has 25 heavy (non-hydrogen) atoms. The molecular formula is C18H18N4OS2. The van der Waals surface area contributed by atoms with Crippen LogP contribution in [0.4, 0.5) is 5.69 Å². The van der Waals surface area contributed by atoms with E-state index in [1.807, 2.05) is 60.4 Å². The van der Waals surface area contributed by atoms with Crippen molar-refractivity contribution in [2.45, 2.75) is 22.7 Å². The van der Waals surface area contributed by atoms with Crippen molar-refractivity contribution in [3.8, 4) is 11.4 Å². The molecule has 0 N–H and O–H groups in total. The minimum atomic E-state index is -0.419. The molecule has 0 atom stereocenters. The molecule has 3 aromatic rings. The predicted octanol–water partition coefficient (Wildman–Crippen LogP) is 3.83. The minimum Gasteiger partial charge on any atom is -0.314 e. The first-order valence-electron chi connectivity index (χ1n) is 8.05. The van der Waals surface area contributed by atoms with Crippen molar-refractivity contribution in [3.63, 3.8) is 0 Å². The molecule has 2 aromatic heterocycles. The molecule has 1 amide bonds. The van der Waals surface area contributed by atoms with Crippen LogP contribution in [0.3, 0.4) is 0 Å². The molecule has 1 aromatic carbocycles. The van der Waals surface area contributed by atoms with Gasteiger partial charge in [-0.3, -0.25) is 4.79 Å². The van der Waals surface area contributed by atoms with E-state index in [0.29, 0.717) is 0 Å². The molecule has 0 aliphatic heterocycles. The fourth-order valence-electron chi connectivity index (χ4n) is 2.77. The number of anilines is 1. The third-order valence-corrected chi connectivity index (χ3v) is 6.64. The Morgan fingerprint density at radius 2 is 2.00 bits per heavy atom. The zero-order valence-corrected chi connectivity index (χ0v) is 15.7. The summed E-state index contributed by atoms with van der Waals surface area (Å²) >= 11 is 3.17. The van der Waals surface area contributed by atoms with Crippen LogP contribution in [0.25, 0.3) is 11.4 Å². The van der Waals surface area contributed by atoms with E-state index in [9.17, 15) is 4.79 Å². The van der Waals surface area contributed by atoms with Crippen molar-refractivity contribution in [2.75, 3.05) is 11.9 Å². The molecule has 1 aliphatic rings. The van der Waals surface area contributed by atoms with Gasteiger partial charge in [0.1, 0.15) is 4.75 Å². The zero-order valence-electron chi connectivity index (χ0n) is 14.0. The number of aromatic nitrogens is 3. The van der Waals surface area contributed by atoms with Crippen LogP contribution >= 0.6 is 23.1 Å². The van der Waals surface area contributed by atoms with Gasteiger partial charge in [-0.1, -0.05) is 30.0 Å². The summed E-state index contributed by atoms with van der Waals surface area (Å²) in [4.78, 5) is 14.8. The number of nitrogens with zero attached hydrogens (tertiary/aromatic N) is 4. The number of hydrogen-bond donors (Lipinski definition) is 0. The molecule has 0 spiro atoms. The van der Waals surface area contributed by atoms with Gasteiger partial charge < -0.3 is 9.47 Å². The largest absolute Gasteiger partial charge is 0.314 e. The van der Waals surface area contributed by atoms with Crippen LogP contribution in [0, 0.1) is 0 Å². The molecule has 4 rings (SSSR count). The van der Waals surface area contributed by atoms with E-state index in [0.717, 1.165) is 35.1 Å². The number of thiophene rings is 1. The van der Waals surface area contributed by atoms with Crippen LogP contribution in [-0.2, 0) is 11.8 Å². The molecular weight excluding hydrogens is 352 g/mol. The maximum atomic E-state index is 13.0. The third kappa shape index (κ3) is 2.98. The summed E-state index contributed by atoms with van der Waals surface area (Å²) in [5.74, 6) is 0.965. The lowest BCUT2D eigenvalue weighted by molar-refractivity contribution is -0.118. The maximum Gasteiger partial charge on any atom is 0.243 e. The normalized spacial score (nSPS) is 15.1. The first-order valence-corrected chi connectivity index (χ1v) is 9.81. The quantitative estimate of drug-likeness (QED) is 0.685. The van der Waals surface area contributed by atoms with Crippen molar-refractivity contribution in [2.24, 2.45) is 7.05 Å². The van der Waals surface area contributed by atoms with Gasteiger partial charge >= 0.3 is 0 Å². The minimum absolute atomic E-state index is 0.129. The second kappa shape index (κ2) is 6.31. The number of amides is 1. The lowest BCUT2D eigenvalue weighted by atomic mass is 10.2. The zero-order chi connectivity index (χ0) is 17.4. The number of carbonyl (C=O) groups is 1. The van der Waals surface area contributed by atoms with E-state index in [1.54, 1.807) is 16.2 Å². The van der Waals surface area contributed by atoms with Crippen LogP contribution in [0.15, 0.2) is 52.3 Å². The summed E-state index contributed by atoms with van der Waals surface area (Å²) in [6, 6.07) is 11.8. The fraction of sp³-hybridized carbons (Fsp3) is 0.278. The number of thioether (sulfide) groups is 1. The van der Waals surface area contributed by atoms with E-state index in [1.165, 1.54) is 11.8 Å². The third-order valence-electron chi connectivity index (χ3n) is 4.44. The summed E-state index contributed by atoms with van der Waals surface area (Å²) in [6.45, 7) is 0. The van der Waals surface area contributed by atoms with Gasteiger partial charge in [0.15, 0.2) is 11.0 Å². The van der Waals surface area contributed by atoms with Gasteiger partial charge in [-0.25, -0.2) is 0 Å². The Morgan fingerprint density at radius 3 is 2.64 bits per heavy atom. The van der Waals surface area contributed by atoms with Crippen LogP contribution < -0.4 is 4.90 Å². The van der Waals surface area contributed by atoms with Gasteiger partial charge in [0.25, 0.3) is 0 Å². The van der Waals surface area contributed by atoms with Gasteiger partial charge in [0.05, 0.1) is 0 Å². The average molecular weight is 371 g/mol. The van der Waals surface area contributed by atoms with Gasteiger partial charge in [-0.2, -0.15) is 11.3 Å². The molecule has 7 heteroatoms. The first kappa shape index (κ1) is 16.4. The van der Waals surface area contributed by atoms with Gasteiger partial charge in [-0.15, -0.1) is 10.2 Å². The van der Waals surface area contributed by atoms with E-state index in [-0.39, 0.29) is 5.91 Å². The molecule has 0 saturated heterocycles.